The summed E-state index contributed by atoms with van der Waals surface area (Å²) in [7, 11) is 3.32. The Morgan fingerprint density at radius 2 is 1.64 bits per heavy atom. The predicted molar refractivity (Wildman–Crippen MR) is 219 cm³/mol. The fourth-order valence-electron chi connectivity index (χ4n) is 8.09. The molecule has 0 spiro atoms. The molecule has 0 amide bonds. The lowest BCUT2D eigenvalue weighted by Crippen LogP contribution is -2.39. The Morgan fingerprint density at radius 3 is 2.27 bits per heavy atom. The number of fused-ring (bicyclic) bond motifs is 2. The van der Waals surface area contributed by atoms with Gasteiger partial charge in [-0.3, -0.25) is 4.57 Å². The molecule has 3 aromatic carbocycles. The van der Waals surface area contributed by atoms with Crippen LogP contribution in [0.4, 0.5) is 5.82 Å². The van der Waals surface area contributed by atoms with E-state index in [2.05, 4.69) is 47.5 Å². The van der Waals surface area contributed by atoms with Crippen molar-refractivity contribution in [2.24, 2.45) is 5.92 Å². The summed E-state index contributed by atoms with van der Waals surface area (Å²) in [6.45, 7) is 8.77. The number of anilines is 1. The van der Waals surface area contributed by atoms with Crippen LogP contribution in [0.3, 0.4) is 0 Å². The van der Waals surface area contributed by atoms with E-state index in [0.29, 0.717) is 29.3 Å². The van der Waals surface area contributed by atoms with Gasteiger partial charge >= 0.3 is 0 Å². The number of nitrogens with two attached hydrogens (primary N) is 1. The molecule has 4 heterocycles. The Kier molecular flexibility index (Phi) is 10.6. The van der Waals surface area contributed by atoms with Gasteiger partial charge in [-0.05, 0) is 91.8 Å². The Hall–Kier alpha value is -3.81. The van der Waals surface area contributed by atoms with Crippen LogP contribution in [-0.2, 0) is 35.9 Å². The van der Waals surface area contributed by atoms with Crippen molar-refractivity contribution < 1.29 is 28.0 Å². The van der Waals surface area contributed by atoms with Crippen molar-refractivity contribution in [3.8, 4) is 11.5 Å². The van der Waals surface area contributed by atoms with E-state index in [-0.39, 0.29) is 17.5 Å². The number of methoxy groups -OCH3 is 2. The molecule has 2 saturated heterocycles. The minimum absolute atomic E-state index is 0.0141. The third-order valence-electron chi connectivity index (χ3n) is 11.2. The third-order valence-corrected chi connectivity index (χ3v) is 17.0. The highest BCUT2D eigenvalue weighted by molar-refractivity contribution is 8.68. The van der Waals surface area contributed by atoms with Crippen molar-refractivity contribution >= 4 is 45.9 Å². The van der Waals surface area contributed by atoms with E-state index < -0.39 is 29.7 Å². The molecule has 7 atom stereocenters. The molecule has 11 nitrogen and oxygen atoms in total. The first kappa shape index (κ1) is 38.1. The molecular weight excluding hydrogens is 754 g/mol. The van der Waals surface area contributed by atoms with Crippen molar-refractivity contribution in [3.05, 3.63) is 120 Å². The largest absolute Gasteiger partial charge is 0.497 e. The summed E-state index contributed by atoms with van der Waals surface area (Å²) < 4.78 is 41.0. The normalized spacial score (nSPS) is 27.9. The Bertz CT molecular complexity index is 2160. The van der Waals surface area contributed by atoms with Crippen molar-refractivity contribution in [1.82, 2.24) is 19.5 Å². The number of allylic oxidation sites excluding steroid dienone is 1. The summed E-state index contributed by atoms with van der Waals surface area (Å²) in [5.41, 5.74) is 7.35. The standard InChI is InChI=1S/C41H46N5O6PS2/c1-26(2)27-19-20-40(3)35(21-27)52-53(54,55-40)51-33-22-36(46-25-45-37-38(42)43-24-44-39(37)46)50-34(33)23-49-41(28-9-7-6-8-10-28,29-11-15-31(47-4)16-12-29)30-13-17-32(48-5)18-14-30/h6-18,24-25,27,33-36H,1,19-23H2,2-5H3,(H2,42,43,44)/t27-,33+,34-,35+,36-,40+,53-/m1/s1. The molecule has 0 unspecified atom stereocenters. The number of nitrogen functional groups attached to an aromatic ring is 1. The molecule has 5 aromatic rings. The van der Waals surface area contributed by atoms with Crippen LogP contribution in [-0.4, -0.2) is 63.4 Å². The maximum absolute atomic E-state index is 7.34. The molecule has 8 rings (SSSR count). The fourth-order valence-corrected chi connectivity index (χ4v) is 15.7. The SMILES string of the molecule is C=C(C)[C@@H]1CC[C@]2(C)S[P@](=S)(O[C@H]3C[C@H](n4cnc5c(N)ncnc54)O[C@@H]3COC(c3ccccc3)(c3ccc(OC)cc3)c3ccc(OC)cc3)O[C@H]2C1. The van der Waals surface area contributed by atoms with E-state index in [4.69, 9.17) is 45.5 Å². The van der Waals surface area contributed by atoms with E-state index in [0.717, 1.165) is 47.5 Å². The van der Waals surface area contributed by atoms with Crippen molar-refractivity contribution in [2.45, 2.75) is 74.4 Å². The highest BCUT2D eigenvalue weighted by Gasteiger charge is 2.55. The van der Waals surface area contributed by atoms with Gasteiger partial charge in [0.25, 0.3) is 0 Å². The minimum atomic E-state index is -2.81. The van der Waals surface area contributed by atoms with E-state index in [1.54, 1.807) is 31.9 Å². The summed E-state index contributed by atoms with van der Waals surface area (Å²) in [4.78, 5) is 13.2. The monoisotopic (exact) mass is 799 g/mol. The number of nitrogens with zero attached hydrogens (tertiary/aromatic N) is 4. The summed E-state index contributed by atoms with van der Waals surface area (Å²) in [6, 6.07) is 26.1. The van der Waals surface area contributed by atoms with Crippen LogP contribution in [0.2, 0.25) is 0 Å². The van der Waals surface area contributed by atoms with Crippen LogP contribution in [0.5, 0.6) is 11.5 Å². The highest BCUT2D eigenvalue weighted by atomic mass is 32.9. The zero-order valence-corrected chi connectivity index (χ0v) is 33.9. The highest BCUT2D eigenvalue weighted by Crippen LogP contribution is 2.76. The van der Waals surface area contributed by atoms with Gasteiger partial charge in [0.15, 0.2) is 11.5 Å². The topological polar surface area (TPSA) is 125 Å². The molecule has 1 aliphatic carbocycles. The maximum atomic E-state index is 7.34. The van der Waals surface area contributed by atoms with Crippen LogP contribution in [0.1, 0.15) is 62.4 Å². The lowest BCUT2D eigenvalue weighted by Gasteiger charge is -2.37. The second kappa shape index (κ2) is 15.3. The molecule has 2 aromatic heterocycles. The van der Waals surface area contributed by atoms with E-state index >= 15 is 0 Å². The molecule has 3 aliphatic rings. The van der Waals surface area contributed by atoms with Gasteiger partial charge in [0.2, 0.25) is 5.69 Å². The number of rotatable bonds is 12. The van der Waals surface area contributed by atoms with Crippen molar-refractivity contribution in [3.63, 3.8) is 0 Å². The molecule has 2 aliphatic heterocycles. The van der Waals surface area contributed by atoms with Gasteiger partial charge in [-0.1, -0.05) is 78.1 Å². The summed E-state index contributed by atoms with van der Waals surface area (Å²) in [5, 5.41) is 0. The molecule has 55 heavy (non-hydrogen) atoms. The van der Waals surface area contributed by atoms with Crippen LogP contribution in [0.15, 0.2) is 104 Å². The lowest BCUT2D eigenvalue weighted by atomic mass is 9.77. The number of aromatic nitrogens is 4. The summed E-state index contributed by atoms with van der Waals surface area (Å²) >= 11 is 8.05. The smallest absolute Gasteiger partial charge is 0.248 e. The van der Waals surface area contributed by atoms with Crippen molar-refractivity contribution in [2.75, 3.05) is 26.6 Å². The first-order chi connectivity index (χ1) is 26.5. The molecule has 3 fully saturated rings. The number of hydrogen-bond acceptors (Lipinski definition) is 12. The number of benzene rings is 3. The summed E-state index contributed by atoms with van der Waals surface area (Å²) in [6.07, 6.45) is 5.00. The second-order valence-electron chi connectivity index (χ2n) is 14.7. The van der Waals surface area contributed by atoms with Gasteiger partial charge in [-0.15, -0.1) is 0 Å². The molecule has 0 radical (unpaired) electrons. The fraction of sp³-hybridized carbons (Fsp3) is 0.390. The predicted octanol–water partition coefficient (Wildman–Crippen LogP) is 8.60. The lowest BCUT2D eigenvalue weighted by molar-refractivity contribution is -0.0903. The maximum Gasteiger partial charge on any atom is 0.248 e. The first-order valence-electron chi connectivity index (χ1n) is 18.4. The molecular formula is C41H46N5O6PS2. The Labute approximate surface area is 330 Å². The molecule has 1 saturated carbocycles. The molecule has 14 heteroatoms. The average molecular weight is 800 g/mol. The number of hydrogen-bond donors (Lipinski definition) is 1. The number of ether oxygens (including phenoxy) is 4. The van der Waals surface area contributed by atoms with E-state index in [1.807, 2.05) is 71.3 Å². The number of imidazole rings is 1. The van der Waals surface area contributed by atoms with Crippen molar-refractivity contribution in [1.29, 1.82) is 0 Å². The first-order valence-corrected chi connectivity index (χ1v) is 22.5. The quantitative estimate of drug-likeness (QED) is 0.0738. The second-order valence-corrected chi connectivity index (χ2v) is 21.2. The van der Waals surface area contributed by atoms with Crippen LogP contribution < -0.4 is 15.2 Å². The Morgan fingerprint density at radius 1 is 0.982 bits per heavy atom. The van der Waals surface area contributed by atoms with Crippen LogP contribution in [0, 0.1) is 5.92 Å². The molecule has 0 bridgehead atoms. The van der Waals surface area contributed by atoms with Gasteiger partial charge in [0, 0.05) is 11.2 Å². The van der Waals surface area contributed by atoms with E-state index in [9.17, 15) is 0 Å². The molecule has 2 N–H and O–H groups in total. The van der Waals surface area contributed by atoms with Gasteiger partial charge < -0.3 is 33.7 Å². The zero-order valence-electron chi connectivity index (χ0n) is 31.4. The van der Waals surface area contributed by atoms with Crippen LogP contribution in [0.25, 0.3) is 11.2 Å². The van der Waals surface area contributed by atoms with Gasteiger partial charge in [0.1, 0.15) is 41.3 Å². The van der Waals surface area contributed by atoms with Gasteiger partial charge in [0.05, 0.1) is 39.4 Å². The molecule has 288 valence electrons. The van der Waals surface area contributed by atoms with Gasteiger partial charge in [-0.2, -0.15) is 0 Å². The van der Waals surface area contributed by atoms with E-state index in [1.165, 1.54) is 11.9 Å². The summed E-state index contributed by atoms with van der Waals surface area (Å²) in [5.74, 6) is 2.19. The third kappa shape index (κ3) is 7.20. The average Bonchev–Trinajstić information content (AvgIpc) is 3.88. The zero-order chi connectivity index (χ0) is 38.4. The minimum Gasteiger partial charge on any atom is -0.497 e. The van der Waals surface area contributed by atoms with Gasteiger partial charge in [-0.25, -0.2) is 15.0 Å². The Balaban J connectivity index is 1.17. The van der Waals surface area contributed by atoms with Crippen LogP contribution >= 0.6 is 17.1 Å².